The van der Waals surface area contributed by atoms with Crippen LogP contribution in [0.15, 0.2) is 53.7 Å². The molecule has 0 radical (unpaired) electrons. The van der Waals surface area contributed by atoms with Crippen LogP contribution < -0.4 is 5.32 Å². The van der Waals surface area contributed by atoms with Gasteiger partial charge in [0, 0.05) is 17.5 Å². The first kappa shape index (κ1) is 19.6. The second kappa shape index (κ2) is 8.32. The zero-order valence-corrected chi connectivity index (χ0v) is 16.6. The number of nitrogens with one attached hydrogen (secondary N) is 1. The average Bonchev–Trinajstić information content (AvgIpc) is 3.46. The van der Waals surface area contributed by atoms with Crippen molar-refractivity contribution in [3.05, 3.63) is 71.6 Å². The second-order valence-electron chi connectivity index (χ2n) is 7.02. The van der Waals surface area contributed by atoms with Gasteiger partial charge in [0.2, 0.25) is 11.1 Å². The summed E-state index contributed by atoms with van der Waals surface area (Å²) in [6, 6.07) is 12.5. The van der Waals surface area contributed by atoms with E-state index in [1.165, 1.54) is 23.9 Å². The molecule has 1 aliphatic rings. The molecule has 1 aliphatic carbocycles. The van der Waals surface area contributed by atoms with Gasteiger partial charge < -0.3 is 5.32 Å². The fraction of sp³-hybridized carbons (Fsp3) is 0.286. The van der Waals surface area contributed by atoms with Crippen molar-refractivity contribution in [3.63, 3.8) is 0 Å². The monoisotopic (exact) mass is 414 g/mol. The fourth-order valence-corrected chi connectivity index (χ4v) is 3.72. The summed E-state index contributed by atoms with van der Waals surface area (Å²) in [4.78, 5) is 16.9. The molecule has 1 saturated carbocycles. The van der Waals surface area contributed by atoms with Crippen LogP contribution in [-0.4, -0.2) is 26.4 Å². The van der Waals surface area contributed by atoms with Gasteiger partial charge in [-0.2, -0.15) is 0 Å². The Hall–Kier alpha value is -2.74. The highest BCUT2D eigenvalue weighted by Gasteiger charge is 2.30. The molecule has 4 rings (SSSR count). The summed E-state index contributed by atoms with van der Waals surface area (Å²) < 4.78 is 28.8. The standard InChI is InChI=1S/C21H20F2N4OS/c1-13(17-10-9-15(22)11-18(17)23)24-19(28)12-29-21-25-20(14-7-8-14)27(26-21)16-5-3-2-4-6-16/h2-6,9-11,13-14H,7-8,12H2,1H3,(H,24,28)/t13-/m1/s1. The third kappa shape index (κ3) is 4.64. The van der Waals surface area contributed by atoms with E-state index in [1.54, 1.807) is 6.92 Å². The molecule has 1 aromatic heterocycles. The smallest absolute Gasteiger partial charge is 0.230 e. The summed E-state index contributed by atoms with van der Waals surface area (Å²) in [6.07, 6.45) is 2.19. The summed E-state index contributed by atoms with van der Waals surface area (Å²) in [5.41, 5.74) is 1.19. The van der Waals surface area contributed by atoms with Crippen LogP contribution in [0.3, 0.4) is 0 Å². The van der Waals surface area contributed by atoms with Crippen molar-refractivity contribution in [3.8, 4) is 5.69 Å². The Labute approximate surface area is 171 Å². The summed E-state index contributed by atoms with van der Waals surface area (Å²) in [5.74, 6) is -0.158. The number of hydrogen-bond donors (Lipinski definition) is 1. The van der Waals surface area contributed by atoms with Crippen LogP contribution in [0.1, 0.15) is 43.1 Å². The molecule has 1 fully saturated rings. The number of rotatable bonds is 7. The van der Waals surface area contributed by atoms with Crippen molar-refractivity contribution in [2.75, 3.05) is 5.75 Å². The maximum atomic E-state index is 13.9. The van der Waals surface area contributed by atoms with E-state index in [2.05, 4.69) is 15.4 Å². The minimum atomic E-state index is -0.678. The zero-order valence-electron chi connectivity index (χ0n) is 15.8. The van der Waals surface area contributed by atoms with E-state index < -0.39 is 17.7 Å². The Balaban J connectivity index is 1.40. The van der Waals surface area contributed by atoms with E-state index in [1.807, 2.05) is 35.0 Å². The summed E-state index contributed by atoms with van der Waals surface area (Å²) >= 11 is 1.24. The van der Waals surface area contributed by atoms with E-state index in [0.717, 1.165) is 30.4 Å². The Bertz CT molecular complexity index is 1020. The van der Waals surface area contributed by atoms with Crippen molar-refractivity contribution in [1.82, 2.24) is 20.1 Å². The first-order chi connectivity index (χ1) is 14.0. The van der Waals surface area contributed by atoms with Crippen molar-refractivity contribution >= 4 is 17.7 Å². The highest BCUT2D eigenvalue weighted by molar-refractivity contribution is 7.99. The minimum Gasteiger partial charge on any atom is -0.349 e. The molecule has 29 heavy (non-hydrogen) atoms. The van der Waals surface area contributed by atoms with Crippen molar-refractivity contribution in [2.24, 2.45) is 0 Å². The van der Waals surface area contributed by atoms with Crippen molar-refractivity contribution in [2.45, 2.75) is 36.9 Å². The molecule has 5 nitrogen and oxygen atoms in total. The van der Waals surface area contributed by atoms with Gasteiger partial charge in [-0.3, -0.25) is 4.79 Å². The van der Waals surface area contributed by atoms with E-state index in [0.29, 0.717) is 11.1 Å². The molecule has 1 amide bonds. The lowest BCUT2D eigenvalue weighted by Crippen LogP contribution is -2.28. The lowest BCUT2D eigenvalue weighted by molar-refractivity contribution is -0.119. The Morgan fingerprint density at radius 1 is 1.24 bits per heavy atom. The van der Waals surface area contributed by atoms with Crippen molar-refractivity contribution in [1.29, 1.82) is 0 Å². The molecular weight excluding hydrogens is 394 g/mol. The van der Waals surface area contributed by atoms with Gasteiger partial charge in [0.25, 0.3) is 0 Å². The zero-order chi connectivity index (χ0) is 20.4. The van der Waals surface area contributed by atoms with Crippen LogP contribution in [0.5, 0.6) is 0 Å². The Morgan fingerprint density at radius 2 is 2.00 bits per heavy atom. The van der Waals surface area contributed by atoms with Gasteiger partial charge in [0.1, 0.15) is 17.5 Å². The highest BCUT2D eigenvalue weighted by atomic mass is 32.2. The first-order valence-corrected chi connectivity index (χ1v) is 10.4. The molecule has 3 aromatic rings. The van der Waals surface area contributed by atoms with E-state index in [4.69, 9.17) is 0 Å². The second-order valence-corrected chi connectivity index (χ2v) is 7.96. The third-order valence-corrected chi connectivity index (χ3v) is 5.53. The number of thioether (sulfide) groups is 1. The molecule has 150 valence electrons. The largest absolute Gasteiger partial charge is 0.349 e. The van der Waals surface area contributed by atoms with Crippen LogP contribution in [0.4, 0.5) is 8.78 Å². The quantitative estimate of drug-likeness (QED) is 0.583. The SMILES string of the molecule is C[C@@H](NC(=O)CSc1nc(C2CC2)n(-c2ccccc2)n1)c1ccc(F)cc1F. The number of aromatic nitrogens is 3. The molecule has 0 unspecified atom stereocenters. The number of hydrogen-bond acceptors (Lipinski definition) is 4. The topological polar surface area (TPSA) is 59.8 Å². The number of benzene rings is 2. The van der Waals surface area contributed by atoms with Crippen LogP contribution in [0.2, 0.25) is 0 Å². The van der Waals surface area contributed by atoms with E-state index >= 15 is 0 Å². The van der Waals surface area contributed by atoms with Crippen LogP contribution in [-0.2, 0) is 4.79 Å². The predicted octanol–water partition coefficient (Wildman–Crippen LogP) is 4.39. The Kier molecular flexibility index (Phi) is 5.62. The average molecular weight is 414 g/mol. The minimum absolute atomic E-state index is 0.107. The van der Waals surface area contributed by atoms with Gasteiger partial charge in [0.15, 0.2) is 0 Å². The van der Waals surface area contributed by atoms with Crippen LogP contribution in [0.25, 0.3) is 5.69 Å². The Morgan fingerprint density at radius 3 is 2.69 bits per heavy atom. The summed E-state index contributed by atoms with van der Waals surface area (Å²) in [6.45, 7) is 1.66. The molecule has 8 heteroatoms. The lowest BCUT2D eigenvalue weighted by Gasteiger charge is -2.14. The molecule has 0 bridgehead atoms. The molecule has 1 atom stereocenters. The van der Waals surface area contributed by atoms with E-state index in [-0.39, 0.29) is 17.2 Å². The van der Waals surface area contributed by atoms with E-state index in [9.17, 15) is 13.6 Å². The molecule has 0 spiro atoms. The molecule has 0 saturated heterocycles. The maximum absolute atomic E-state index is 13.9. The molecule has 2 aromatic carbocycles. The lowest BCUT2D eigenvalue weighted by atomic mass is 10.1. The number of nitrogens with zero attached hydrogens (tertiary/aromatic N) is 3. The van der Waals surface area contributed by atoms with Gasteiger partial charge in [-0.25, -0.2) is 18.4 Å². The number of amides is 1. The first-order valence-electron chi connectivity index (χ1n) is 9.41. The van der Waals surface area contributed by atoms with Gasteiger partial charge in [0.05, 0.1) is 17.5 Å². The third-order valence-electron chi connectivity index (χ3n) is 4.69. The predicted molar refractivity (Wildman–Crippen MR) is 107 cm³/mol. The number of halogens is 2. The van der Waals surface area contributed by atoms with Gasteiger partial charge in [-0.15, -0.1) is 5.10 Å². The number of carbonyl (C=O) groups excluding carboxylic acids is 1. The normalized spacial score (nSPS) is 14.6. The van der Waals surface area contributed by atoms with Gasteiger partial charge >= 0.3 is 0 Å². The molecule has 0 aliphatic heterocycles. The van der Waals surface area contributed by atoms with Gasteiger partial charge in [-0.05, 0) is 38.0 Å². The number of carbonyl (C=O) groups is 1. The van der Waals surface area contributed by atoms with Crippen molar-refractivity contribution < 1.29 is 13.6 Å². The number of para-hydroxylation sites is 1. The highest BCUT2D eigenvalue weighted by Crippen LogP contribution is 2.40. The maximum Gasteiger partial charge on any atom is 0.230 e. The van der Waals surface area contributed by atoms with Gasteiger partial charge in [-0.1, -0.05) is 36.0 Å². The summed E-state index contributed by atoms with van der Waals surface area (Å²) in [5, 5.41) is 7.83. The molecule has 1 heterocycles. The molecular formula is C21H20F2N4OS. The summed E-state index contributed by atoms with van der Waals surface area (Å²) in [7, 11) is 0. The van der Waals surface area contributed by atoms with Crippen LogP contribution >= 0.6 is 11.8 Å². The fourth-order valence-electron chi connectivity index (χ4n) is 3.07. The van der Waals surface area contributed by atoms with Crippen LogP contribution in [0, 0.1) is 11.6 Å². The molecule has 1 N–H and O–H groups in total.